The number of H-pyrrole nitrogens is 1. The number of aromatic nitrogens is 2. The van der Waals surface area contributed by atoms with Gasteiger partial charge in [-0.15, -0.1) is 0 Å². The fourth-order valence-electron chi connectivity index (χ4n) is 1.62. The molecule has 92 valence electrons. The van der Waals surface area contributed by atoms with Crippen molar-refractivity contribution in [3.05, 3.63) is 35.4 Å². The van der Waals surface area contributed by atoms with E-state index in [1.165, 1.54) is 0 Å². The number of hydrogen-bond donors (Lipinski definition) is 1. The van der Waals surface area contributed by atoms with Gasteiger partial charge < -0.3 is 0 Å². The van der Waals surface area contributed by atoms with E-state index in [1.807, 2.05) is 0 Å². The molecule has 1 N–H and O–H groups in total. The molecule has 0 radical (unpaired) electrons. The van der Waals surface area contributed by atoms with E-state index in [-0.39, 0.29) is 5.82 Å². The maximum absolute atomic E-state index is 14.0. The van der Waals surface area contributed by atoms with Crippen molar-refractivity contribution in [2.45, 2.75) is 4.90 Å². The van der Waals surface area contributed by atoms with E-state index >= 15 is 0 Å². The quantitative estimate of drug-likeness (QED) is 0.882. The van der Waals surface area contributed by atoms with Crippen LogP contribution in [0.1, 0.15) is 0 Å². The summed E-state index contributed by atoms with van der Waals surface area (Å²) in [6, 6.07) is 3.22. The minimum atomic E-state index is -1.04. The average Bonchev–Trinajstić information content (AvgIpc) is 2.72. The molecular formula is C12H14ClFN2S. The van der Waals surface area contributed by atoms with E-state index < -0.39 is 10.0 Å². The number of nitrogens with zero attached hydrogens (tertiary/aromatic N) is 1. The third-order valence-corrected chi connectivity index (χ3v) is 4.57. The number of nitrogens with one attached hydrogen (secondary N) is 1. The molecule has 2 aromatic rings. The first-order valence-electron chi connectivity index (χ1n) is 5.06. The molecule has 5 heteroatoms. The normalized spacial score (nSPS) is 12.8. The van der Waals surface area contributed by atoms with Crippen LogP contribution in [0.3, 0.4) is 0 Å². The molecule has 0 saturated heterocycles. The van der Waals surface area contributed by atoms with Gasteiger partial charge in [0.25, 0.3) is 0 Å². The Hall–Kier alpha value is -1.000. The Bertz CT molecular complexity index is 532. The summed E-state index contributed by atoms with van der Waals surface area (Å²) in [7, 11) is -1.04. The molecular weight excluding hydrogens is 259 g/mol. The highest BCUT2D eigenvalue weighted by Crippen LogP contribution is 2.49. The van der Waals surface area contributed by atoms with Gasteiger partial charge >= 0.3 is 0 Å². The van der Waals surface area contributed by atoms with Gasteiger partial charge in [0.1, 0.15) is 5.82 Å². The average molecular weight is 273 g/mol. The molecule has 0 bridgehead atoms. The van der Waals surface area contributed by atoms with E-state index in [2.05, 4.69) is 29.0 Å². The third-order valence-electron chi connectivity index (χ3n) is 2.49. The number of hydrogen-bond acceptors (Lipinski definition) is 1. The second-order valence-corrected chi connectivity index (χ2v) is 9.11. The Balaban J connectivity index is 2.57. The standard InChI is InChI=1S/C12H14ClFN2S/c1-17(2,3)12-5-11(14)9(4-10(12)13)8-6-15-16-7-8/h4-7H,1-3H3,(H,15,16). The molecule has 0 aliphatic heterocycles. The molecule has 0 spiro atoms. The Labute approximate surface area is 107 Å². The molecule has 1 heterocycles. The maximum Gasteiger partial charge on any atom is 0.132 e. The van der Waals surface area contributed by atoms with Crippen LogP contribution in [0, 0.1) is 5.82 Å². The van der Waals surface area contributed by atoms with Crippen LogP contribution in [0.15, 0.2) is 29.4 Å². The molecule has 2 nitrogen and oxygen atoms in total. The Morgan fingerprint density at radius 2 is 2.00 bits per heavy atom. The number of rotatable bonds is 2. The second kappa shape index (κ2) is 4.35. The van der Waals surface area contributed by atoms with Crippen molar-refractivity contribution in [1.29, 1.82) is 0 Å². The summed E-state index contributed by atoms with van der Waals surface area (Å²) in [4.78, 5) is 0.893. The third kappa shape index (κ3) is 2.48. The molecule has 1 aromatic carbocycles. The lowest BCUT2D eigenvalue weighted by atomic mass is 10.1. The number of halogens is 2. The van der Waals surface area contributed by atoms with Crippen LogP contribution in [-0.4, -0.2) is 29.0 Å². The molecule has 2 rings (SSSR count). The zero-order valence-corrected chi connectivity index (χ0v) is 11.5. The smallest absolute Gasteiger partial charge is 0.132 e. The lowest BCUT2D eigenvalue weighted by Crippen LogP contribution is -1.96. The molecule has 0 aliphatic carbocycles. The SMILES string of the molecule is CS(C)(C)c1cc(F)c(-c2cn[nH]c2)cc1Cl. The van der Waals surface area contributed by atoms with Crippen molar-refractivity contribution in [2.24, 2.45) is 0 Å². The minimum absolute atomic E-state index is 0.256. The monoisotopic (exact) mass is 272 g/mol. The first-order valence-corrected chi connectivity index (χ1v) is 8.30. The van der Waals surface area contributed by atoms with Crippen molar-refractivity contribution in [3.8, 4) is 11.1 Å². The van der Waals surface area contributed by atoms with Gasteiger partial charge in [0.2, 0.25) is 0 Å². The minimum Gasteiger partial charge on any atom is -0.285 e. The summed E-state index contributed by atoms with van der Waals surface area (Å²) >= 11 is 6.23. The highest BCUT2D eigenvalue weighted by atomic mass is 35.5. The van der Waals surface area contributed by atoms with Crippen LogP contribution in [-0.2, 0) is 0 Å². The predicted octanol–water partition coefficient (Wildman–Crippen LogP) is 3.92. The summed E-state index contributed by atoms with van der Waals surface area (Å²) in [5, 5.41) is 7.09. The van der Waals surface area contributed by atoms with E-state index in [1.54, 1.807) is 24.5 Å². The van der Waals surface area contributed by atoms with Crippen LogP contribution in [0.5, 0.6) is 0 Å². The summed E-state index contributed by atoms with van der Waals surface area (Å²) < 4.78 is 14.0. The van der Waals surface area contributed by atoms with E-state index in [4.69, 9.17) is 11.6 Å². The Morgan fingerprint density at radius 1 is 1.29 bits per heavy atom. The van der Waals surface area contributed by atoms with Crippen LogP contribution in [0.4, 0.5) is 4.39 Å². The van der Waals surface area contributed by atoms with Crippen molar-refractivity contribution < 1.29 is 4.39 Å². The van der Waals surface area contributed by atoms with E-state index in [9.17, 15) is 4.39 Å². The first-order chi connectivity index (χ1) is 7.89. The Kier molecular flexibility index (Phi) is 3.19. The highest BCUT2D eigenvalue weighted by Gasteiger charge is 2.17. The lowest BCUT2D eigenvalue weighted by Gasteiger charge is -2.27. The van der Waals surface area contributed by atoms with Crippen LogP contribution in [0.2, 0.25) is 5.02 Å². The van der Waals surface area contributed by atoms with Gasteiger partial charge in [0.15, 0.2) is 0 Å². The van der Waals surface area contributed by atoms with Crippen LogP contribution in [0.25, 0.3) is 11.1 Å². The van der Waals surface area contributed by atoms with Crippen molar-refractivity contribution in [3.63, 3.8) is 0 Å². The molecule has 0 amide bonds. The second-order valence-electron chi connectivity index (χ2n) is 4.59. The van der Waals surface area contributed by atoms with Crippen molar-refractivity contribution in [2.75, 3.05) is 18.8 Å². The maximum atomic E-state index is 14.0. The summed E-state index contributed by atoms with van der Waals surface area (Å²) in [6.07, 6.45) is 9.50. The molecule has 1 aromatic heterocycles. The van der Waals surface area contributed by atoms with Crippen molar-refractivity contribution >= 4 is 21.6 Å². The predicted molar refractivity (Wildman–Crippen MR) is 72.6 cm³/mol. The van der Waals surface area contributed by atoms with Gasteiger partial charge in [-0.2, -0.15) is 5.10 Å². The first kappa shape index (κ1) is 12.5. The topological polar surface area (TPSA) is 28.7 Å². The summed E-state index contributed by atoms with van der Waals surface area (Å²) in [6.45, 7) is 0. The zero-order valence-electron chi connectivity index (χ0n) is 9.92. The van der Waals surface area contributed by atoms with Gasteiger partial charge in [-0.3, -0.25) is 5.10 Å². The molecule has 0 atom stereocenters. The van der Waals surface area contributed by atoms with Gasteiger partial charge in [-0.05, 0) is 30.9 Å². The molecule has 0 aliphatic rings. The fourth-order valence-corrected chi connectivity index (χ4v) is 3.58. The molecule has 0 fully saturated rings. The largest absolute Gasteiger partial charge is 0.285 e. The van der Waals surface area contributed by atoms with E-state index in [0.29, 0.717) is 16.1 Å². The molecule has 17 heavy (non-hydrogen) atoms. The van der Waals surface area contributed by atoms with Crippen LogP contribution < -0.4 is 0 Å². The highest BCUT2D eigenvalue weighted by molar-refractivity contribution is 8.32. The molecule has 0 saturated carbocycles. The molecule has 0 unspecified atom stereocenters. The Morgan fingerprint density at radius 3 is 2.53 bits per heavy atom. The number of benzene rings is 1. The van der Waals surface area contributed by atoms with Crippen LogP contribution >= 0.6 is 21.6 Å². The summed E-state index contributed by atoms with van der Waals surface area (Å²) in [5.41, 5.74) is 1.19. The number of aromatic amines is 1. The van der Waals surface area contributed by atoms with Gasteiger partial charge in [0.05, 0.1) is 11.2 Å². The summed E-state index contributed by atoms with van der Waals surface area (Å²) in [5.74, 6) is -0.256. The zero-order chi connectivity index (χ0) is 12.6. The van der Waals surface area contributed by atoms with Gasteiger partial charge in [-0.25, -0.2) is 14.4 Å². The van der Waals surface area contributed by atoms with Gasteiger partial charge in [0, 0.05) is 22.2 Å². The van der Waals surface area contributed by atoms with Gasteiger partial charge in [-0.1, -0.05) is 11.6 Å². The van der Waals surface area contributed by atoms with E-state index in [0.717, 1.165) is 4.90 Å². The van der Waals surface area contributed by atoms with Crippen molar-refractivity contribution in [1.82, 2.24) is 10.2 Å². The fraction of sp³-hybridized carbons (Fsp3) is 0.250. The lowest BCUT2D eigenvalue weighted by molar-refractivity contribution is 0.627.